The molecule has 1 aliphatic rings. The first kappa shape index (κ1) is 17.7. The third kappa shape index (κ3) is 4.47. The first-order valence-corrected chi connectivity index (χ1v) is 8.44. The number of rotatable bonds is 6. The smallest absolute Gasteiger partial charge is 0.307 e. The maximum atomic E-state index is 12.5. The van der Waals surface area contributed by atoms with Crippen molar-refractivity contribution in [3.63, 3.8) is 0 Å². The van der Waals surface area contributed by atoms with Crippen LogP contribution in [0, 0.1) is 11.8 Å². The zero-order valence-electron chi connectivity index (χ0n) is 14.2. The van der Waals surface area contributed by atoms with Crippen LogP contribution in [0.3, 0.4) is 0 Å². The SMILES string of the molecule is O=C(O)C1CC=CCC1C(=O)Nc1cccc(OCc2cccnc2)c1. The molecule has 0 spiro atoms. The number of benzene rings is 1. The molecule has 6 nitrogen and oxygen atoms in total. The highest BCUT2D eigenvalue weighted by molar-refractivity contribution is 5.95. The zero-order valence-corrected chi connectivity index (χ0v) is 14.2. The van der Waals surface area contributed by atoms with E-state index in [1.54, 1.807) is 36.7 Å². The Morgan fingerprint density at radius 1 is 1.15 bits per heavy atom. The number of allylic oxidation sites excluding steroid dienone is 2. The van der Waals surface area contributed by atoms with Crippen LogP contribution >= 0.6 is 0 Å². The van der Waals surface area contributed by atoms with Crippen LogP contribution in [-0.4, -0.2) is 22.0 Å². The number of carbonyl (C=O) groups is 2. The lowest BCUT2D eigenvalue weighted by molar-refractivity contribution is -0.146. The maximum absolute atomic E-state index is 12.5. The fourth-order valence-corrected chi connectivity index (χ4v) is 2.93. The fraction of sp³-hybridized carbons (Fsp3) is 0.250. The molecule has 1 amide bonds. The topological polar surface area (TPSA) is 88.5 Å². The number of nitrogens with zero attached hydrogens (tertiary/aromatic N) is 1. The van der Waals surface area contributed by atoms with Crippen molar-refractivity contribution in [1.82, 2.24) is 4.98 Å². The molecule has 1 aliphatic carbocycles. The second-order valence-electron chi connectivity index (χ2n) is 6.16. The van der Waals surface area contributed by atoms with E-state index in [-0.39, 0.29) is 5.91 Å². The molecule has 1 heterocycles. The first-order chi connectivity index (χ1) is 12.6. The molecule has 2 atom stereocenters. The summed E-state index contributed by atoms with van der Waals surface area (Å²) in [6, 6.07) is 10.8. The Kier molecular flexibility index (Phi) is 5.63. The van der Waals surface area contributed by atoms with Crippen LogP contribution in [0.25, 0.3) is 0 Å². The molecule has 1 aromatic carbocycles. The van der Waals surface area contributed by atoms with Crippen molar-refractivity contribution in [3.05, 3.63) is 66.5 Å². The van der Waals surface area contributed by atoms with Gasteiger partial charge in [0.05, 0.1) is 11.8 Å². The summed E-state index contributed by atoms with van der Waals surface area (Å²) in [7, 11) is 0. The minimum absolute atomic E-state index is 0.286. The van der Waals surface area contributed by atoms with Crippen molar-refractivity contribution in [3.8, 4) is 5.75 Å². The van der Waals surface area contributed by atoms with Gasteiger partial charge in [0.25, 0.3) is 0 Å². The summed E-state index contributed by atoms with van der Waals surface area (Å²) in [5, 5.41) is 12.1. The van der Waals surface area contributed by atoms with Crippen LogP contribution in [0.4, 0.5) is 5.69 Å². The second-order valence-corrected chi connectivity index (χ2v) is 6.16. The average molecular weight is 352 g/mol. The Morgan fingerprint density at radius 3 is 2.69 bits per heavy atom. The van der Waals surface area contributed by atoms with E-state index in [9.17, 15) is 14.7 Å². The lowest BCUT2D eigenvalue weighted by Gasteiger charge is -2.24. The summed E-state index contributed by atoms with van der Waals surface area (Å²) in [5.41, 5.74) is 1.53. The quantitative estimate of drug-likeness (QED) is 0.779. The largest absolute Gasteiger partial charge is 0.489 e. The lowest BCUT2D eigenvalue weighted by atomic mass is 9.82. The third-order valence-electron chi connectivity index (χ3n) is 4.32. The molecule has 6 heteroatoms. The van der Waals surface area contributed by atoms with E-state index in [1.165, 1.54) is 0 Å². The Hall–Kier alpha value is -3.15. The minimum Gasteiger partial charge on any atom is -0.489 e. The summed E-state index contributed by atoms with van der Waals surface area (Å²) in [6.45, 7) is 0.375. The van der Waals surface area contributed by atoms with Gasteiger partial charge in [-0.05, 0) is 31.0 Å². The molecule has 0 saturated heterocycles. The number of anilines is 1. The molecule has 0 radical (unpaired) electrons. The van der Waals surface area contributed by atoms with Crippen molar-refractivity contribution >= 4 is 17.6 Å². The summed E-state index contributed by atoms with van der Waals surface area (Å²) in [6.07, 6.45) is 7.91. The Morgan fingerprint density at radius 2 is 1.96 bits per heavy atom. The van der Waals surface area contributed by atoms with E-state index in [0.29, 0.717) is 30.9 Å². The summed E-state index contributed by atoms with van der Waals surface area (Å²) < 4.78 is 5.72. The van der Waals surface area contributed by atoms with Gasteiger partial charge in [-0.15, -0.1) is 0 Å². The zero-order chi connectivity index (χ0) is 18.4. The monoisotopic (exact) mass is 352 g/mol. The molecule has 2 N–H and O–H groups in total. The Balaban J connectivity index is 1.63. The van der Waals surface area contributed by atoms with Gasteiger partial charge in [0, 0.05) is 29.7 Å². The van der Waals surface area contributed by atoms with Crippen molar-refractivity contribution in [2.75, 3.05) is 5.32 Å². The predicted octanol–water partition coefficient (Wildman–Crippen LogP) is 3.27. The van der Waals surface area contributed by atoms with Crippen molar-refractivity contribution in [2.24, 2.45) is 11.8 Å². The first-order valence-electron chi connectivity index (χ1n) is 8.44. The number of carboxylic acid groups (broad SMARTS) is 1. The van der Waals surface area contributed by atoms with Crippen molar-refractivity contribution in [1.29, 1.82) is 0 Å². The van der Waals surface area contributed by atoms with E-state index in [2.05, 4.69) is 10.3 Å². The number of aromatic nitrogens is 1. The molecular formula is C20H20N2O4. The van der Waals surface area contributed by atoms with Gasteiger partial charge in [0.1, 0.15) is 12.4 Å². The van der Waals surface area contributed by atoms with Gasteiger partial charge < -0.3 is 15.2 Å². The number of carboxylic acids is 1. The highest BCUT2D eigenvalue weighted by Crippen LogP contribution is 2.28. The minimum atomic E-state index is -0.942. The lowest BCUT2D eigenvalue weighted by Crippen LogP contribution is -2.34. The number of ether oxygens (including phenoxy) is 1. The molecule has 0 saturated carbocycles. The highest BCUT2D eigenvalue weighted by atomic mass is 16.5. The van der Waals surface area contributed by atoms with Gasteiger partial charge in [0.2, 0.25) is 5.91 Å². The molecule has 0 aliphatic heterocycles. The molecule has 0 fully saturated rings. The number of hydrogen-bond donors (Lipinski definition) is 2. The molecule has 2 aromatic rings. The van der Waals surface area contributed by atoms with Gasteiger partial charge >= 0.3 is 5.97 Å². The number of hydrogen-bond acceptors (Lipinski definition) is 4. The summed E-state index contributed by atoms with van der Waals surface area (Å²) in [5.74, 6) is -1.87. The standard InChI is InChI=1S/C20H20N2O4/c23-19(17-8-1-2-9-18(17)20(24)25)22-15-6-3-7-16(11-15)26-13-14-5-4-10-21-12-14/h1-7,10-12,17-18H,8-9,13H2,(H,22,23)(H,24,25). The summed E-state index contributed by atoms with van der Waals surface area (Å²) in [4.78, 5) is 27.9. The van der Waals surface area contributed by atoms with Crippen LogP contribution in [0.1, 0.15) is 18.4 Å². The number of aliphatic carboxylic acids is 1. The molecule has 1 aromatic heterocycles. The maximum Gasteiger partial charge on any atom is 0.307 e. The normalized spacial score (nSPS) is 18.9. The van der Waals surface area contributed by atoms with E-state index < -0.39 is 17.8 Å². The van der Waals surface area contributed by atoms with Crippen LogP contribution in [0.2, 0.25) is 0 Å². The van der Waals surface area contributed by atoms with Crippen LogP contribution in [-0.2, 0) is 16.2 Å². The number of nitrogens with one attached hydrogen (secondary N) is 1. The molecule has 134 valence electrons. The second kappa shape index (κ2) is 8.29. The van der Waals surface area contributed by atoms with Crippen molar-refractivity contribution < 1.29 is 19.4 Å². The van der Waals surface area contributed by atoms with Crippen LogP contribution in [0.5, 0.6) is 5.75 Å². The number of pyridine rings is 1. The van der Waals surface area contributed by atoms with E-state index in [1.807, 2.05) is 24.3 Å². The fourth-order valence-electron chi connectivity index (χ4n) is 2.93. The van der Waals surface area contributed by atoms with E-state index in [0.717, 1.165) is 5.56 Å². The number of amides is 1. The van der Waals surface area contributed by atoms with Crippen LogP contribution in [0.15, 0.2) is 60.9 Å². The van der Waals surface area contributed by atoms with Crippen LogP contribution < -0.4 is 10.1 Å². The van der Waals surface area contributed by atoms with Crippen molar-refractivity contribution in [2.45, 2.75) is 19.4 Å². The molecular weight excluding hydrogens is 332 g/mol. The van der Waals surface area contributed by atoms with Gasteiger partial charge in [0.15, 0.2) is 0 Å². The molecule has 3 rings (SSSR count). The predicted molar refractivity (Wildman–Crippen MR) is 96.6 cm³/mol. The van der Waals surface area contributed by atoms with E-state index >= 15 is 0 Å². The van der Waals surface area contributed by atoms with Gasteiger partial charge in [-0.2, -0.15) is 0 Å². The summed E-state index contributed by atoms with van der Waals surface area (Å²) >= 11 is 0. The average Bonchev–Trinajstić information content (AvgIpc) is 2.67. The number of carbonyl (C=O) groups excluding carboxylic acids is 1. The molecule has 26 heavy (non-hydrogen) atoms. The highest BCUT2D eigenvalue weighted by Gasteiger charge is 2.33. The Bertz CT molecular complexity index is 804. The third-order valence-corrected chi connectivity index (χ3v) is 4.32. The van der Waals surface area contributed by atoms with Gasteiger partial charge in [-0.3, -0.25) is 14.6 Å². The molecule has 0 bridgehead atoms. The molecule has 2 unspecified atom stereocenters. The Labute approximate surface area is 151 Å². The van der Waals surface area contributed by atoms with Gasteiger partial charge in [-0.1, -0.05) is 24.3 Å². The van der Waals surface area contributed by atoms with E-state index in [4.69, 9.17) is 4.74 Å². The van der Waals surface area contributed by atoms with Gasteiger partial charge in [-0.25, -0.2) is 0 Å².